The smallest absolute Gasteiger partial charge is 0.194 e. The normalized spacial score (nSPS) is 14.8. The van der Waals surface area contributed by atoms with Gasteiger partial charge >= 0.3 is 0 Å². The fourth-order valence-corrected chi connectivity index (χ4v) is 3.97. The fraction of sp³-hybridized carbons (Fsp3) is 0.308. The molecule has 0 aromatic heterocycles. The summed E-state index contributed by atoms with van der Waals surface area (Å²) >= 11 is 6.02. The molecule has 4 unspecified atom stereocenters. The van der Waals surface area contributed by atoms with Gasteiger partial charge < -0.3 is 27.9 Å². The average Bonchev–Trinajstić information content (AvgIpc) is 2.79. The molecule has 3 aromatic rings. The number of hydrogen-bond donors (Lipinski definition) is 3. The summed E-state index contributed by atoms with van der Waals surface area (Å²) in [4.78, 5) is 0. The van der Waals surface area contributed by atoms with E-state index in [2.05, 4.69) is 12.1 Å². The van der Waals surface area contributed by atoms with Gasteiger partial charge in [-0.1, -0.05) is 91.3 Å². The van der Waals surface area contributed by atoms with E-state index in [1.165, 1.54) is 0 Å². The van der Waals surface area contributed by atoms with Crippen molar-refractivity contribution in [1.29, 1.82) is 0 Å². The van der Waals surface area contributed by atoms with E-state index in [1.807, 2.05) is 85.0 Å². The lowest BCUT2D eigenvalue weighted by Crippen LogP contribution is -3.00. The summed E-state index contributed by atoms with van der Waals surface area (Å²) in [5, 5.41) is 24.2. The second-order valence-electron chi connectivity index (χ2n) is 7.92. The Kier molecular flexibility index (Phi) is 10.5. The van der Waals surface area contributed by atoms with Gasteiger partial charge in [-0.05, 0) is 35.2 Å². The lowest BCUT2D eigenvalue weighted by atomic mass is 9.86. The van der Waals surface area contributed by atoms with E-state index >= 15 is 0 Å². The Morgan fingerprint density at radius 2 is 1.35 bits per heavy atom. The molecule has 5 heteroatoms. The molecule has 0 amide bonds. The van der Waals surface area contributed by atoms with Crippen LogP contribution in [0.4, 0.5) is 0 Å². The van der Waals surface area contributed by atoms with Crippen LogP contribution in [0.25, 0.3) is 0 Å². The van der Waals surface area contributed by atoms with Gasteiger partial charge in [-0.2, -0.15) is 0 Å². The number of aliphatic hydroxyl groups is 2. The van der Waals surface area contributed by atoms with Crippen molar-refractivity contribution in [2.45, 2.75) is 43.9 Å². The fourth-order valence-electron chi connectivity index (χ4n) is 3.85. The van der Waals surface area contributed by atoms with Crippen molar-refractivity contribution in [3.05, 3.63) is 107 Å². The van der Waals surface area contributed by atoms with Gasteiger partial charge in [-0.25, -0.2) is 0 Å². The van der Waals surface area contributed by atoms with Gasteiger partial charge in [0.2, 0.25) is 0 Å². The van der Waals surface area contributed by atoms with E-state index in [-0.39, 0.29) is 24.2 Å². The molecule has 0 spiro atoms. The molecule has 4 atom stereocenters. The molecule has 3 aromatic carbocycles. The molecule has 0 aliphatic rings. The molecular weight excluding hydrogens is 429 g/mol. The van der Waals surface area contributed by atoms with Gasteiger partial charge in [0, 0.05) is 17.4 Å². The highest BCUT2D eigenvalue weighted by Gasteiger charge is 2.24. The van der Waals surface area contributed by atoms with Crippen LogP contribution in [0, 0.1) is 0 Å². The first-order valence-corrected chi connectivity index (χ1v) is 11.0. The van der Waals surface area contributed by atoms with Crippen LogP contribution in [0.15, 0.2) is 84.9 Å². The van der Waals surface area contributed by atoms with Crippen LogP contribution >= 0.6 is 11.6 Å². The predicted octanol–water partition coefficient (Wildman–Crippen LogP) is 1.11. The summed E-state index contributed by atoms with van der Waals surface area (Å²) in [6.45, 7) is 2.68. The third kappa shape index (κ3) is 7.64. The molecule has 0 aliphatic carbocycles. The van der Waals surface area contributed by atoms with Gasteiger partial charge in [0.05, 0.1) is 18.6 Å². The van der Waals surface area contributed by atoms with E-state index in [4.69, 9.17) is 11.6 Å². The quantitative estimate of drug-likeness (QED) is 0.397. The second kappa shape index (κ2) is 12.8. The van der Waals surface area contributed by atoms with Crippen molar-refractivity contribution in [1.82, 2.24) is 0 Å². The summed E-state index contributed by atoms with van der Waals surface area (Å²) in [5.41, 5.74) is 3.39. The standard InChI is InChI=1S/C26H30ClNO2.ClH/c1-19(21-8-4-2-5-9-21)26(30)28-17-16-25(29)24(22-10-6-3-7-11-22)18-20-12-14-23(27)15-13-20;/h2-15,19,24-26,28-30H,16-18H2,1H3;1H. The van der Waals surface area contributed by atoms with Crippen LogP contribution in [0.2, 0.25) is 5.02 Å². The van der Waals surface area contributed by atoms with Gasteiger partial charge in [0.1, 0.15) is 0 Å². The molecule has 166 valence electrons. The van der Waals surface area contributed by atoms with Crippen molar-refractivity contribution < 1.29 is 27.9 Å². The Labute approximate surface area is 196 Å². The third-order valence-electron chi connectivity index (χ3n) is 5.77. The number of aliphatic hydroxyl groups excluding tert-OH is 2. The number of benzene rings is 3. The summed E-state index contributed by atoms with van der Waals surface area (Å²) in [7, 11) is 0. The summed E-state index contributed by atoms with van der Waals surface area (Å²) in [5.74, 6) is 0.0202. The number of nitrogens with two attached hydrogens (primary N) is 1. The highest BCUT2D eigenvalue weighted by atomic mass is 35.5. The molecule has 0 heterocycles. The lowest BCUT2D eigenvalue weighted by Gasteiger charge is -2.24. The maximum Gasteiger partial charge on any atom is 0.194 e. The topological polar surface area (TPSA) is 57.1 Å². The third-order valence-corrected chi connectivity index (χ3v) is 6.02. The Hall–Kier alpha value is -1.88. The maximum atomic E-state index is 11.0. The zero-order valence-electron chi connectivity index (χ0n) is 17.7. The first-order valence-electron chi connectivity index (χ1n) is 10.6. The largest absolute Gasteiger partial charge is 1.00 e. The van der Waals surface area contributed by atoms with Crippen molar-refractivity contribution >= 4 is 11.6 Å². The Bertz CT molecular complexity index is 875. The highest BCUT2D eigenvalue weighted by molar-refractivity contribution is 6.30. The molecule has 0 aliphatic heterocycles. The molecule has 0 bridgehead atoms. The van der Waals surface area contributed by atoms with E-state index < -0.39 is 12.3 Å². The molecular formula is C26H31Cl2NO2. The van der Waals surface area contributed by atoms with Crippen LogP contribution in [-0.4, -0.2) is 29.1 Å². The number of quaternary nitrogens is 1. The first kappa shape index (κ1) is 25.4. The molecule has 31 heavy (non-hydrogen) atoms. The number of rotatable bonds is 10. The second-order valence-corrected chi connectivity index (χ2v) is 8.35. The summed E-state index contributed by atoms with van der Waals surface area (Å²) in [6.07, 6.45) is 0.307. The van der Waals surface area contributed by atoms with Gasteiger partial charge in [0.25, 0.3) is 0 Å². The van der Waals surface area contributed by atoms with E-state index in [1.54, 1.807) is 0 Å². The summed E-state index contributed by atoms with van der Waals surface area (Å²) < 4.78 is 0. The molecule has 0 radical (unpaired) electrons. The Morgan fingerprint density at radius 1 is 0.806 bits per heavy atom. The Morgan fingerprint density at radius 3 is 1.94 bits per heavy atom. The minimum atomic E-state index is -0.536. The van der Waals surface area contributed by atoms with Crippen molar-refractivity contribution in [2.75, 3.05) is 6.54 Å². The lowest BCUT2D eigenvalue weighted by molar-refractivity contribution is -0.727. The van der Waals surface area contributed by atoms with Crippen molar-refractivity contribution in [3.8, 4) is 0 Å². The van der Waals surface area contributed by atoms with Crippen LogP contribution in [0.3, 0.4) is 0 Å². The Balaban J connectivity index is 0.00000341. The van der Waals surface area contributed by atoms with Crippen LogP contribution in [-0.2, 0) is 6.42 Å². The van der Waals surface area contributed by atoms with Gasteiger partial charge in [-0.3, -0.25) is 0 Å². The zero-order valence-corrected chi connectivity index (χ0v) is 19.3. The SMILES string of the molecule is CC(c1ccccc1)C(O)[NH2+]CCC(O)C(Cc1ccc(Cl)cc1)c1ccccc1.[Cl-]. The van der Waals surface area contributed by atoms with Gasteiger partial charge in [0.15, 0.2) is 6.23 Å². The molecule has 0 saturated heterocycles. The van der Waals surface area contributed by atoms with Crippen LogP contribution in [0.5, 0.6) is 0 Å². The minimum Gasteiger partial charge on any atom is -1.00 e. The molecule has 0 fully saturated rings. The minimum absolute atomic E-state index is 0. The van der Waals surface area contributed by atoms with E-state index in [0.29, 0.717) is 18.0 Å². The molecule has 4 N–H and O–H groups in total. The van der Waals surface area contributed by atoms with Crippen molar-refractivity contribution in [2.24, 2.45) is 0 Å². The zero-order chi connectivity index (χ0) is 21.3. The van der Waals surface area contributed by atoms with Crippen molar-refractivity contribution in [3.63, 3.8) is 0 Å². The molecule has 3 nitrogen and oxygen atoms in total. The van der Waals surface area contributed by atoms with E-state index in [9.17, 15) is 10.2 Å². The summed E-state index contributed by atoms with van der Waals surface area (Å²) in [6, 6.07) is 28.0. The number of halogens is 2. The maximum absolute atomic E-state index is 11.0. The van der Waals surface area contributed by atoms with Crippen LogP contribution in [0.1, 0.15) is 41.9 Å². The average molecular weight is 460 g/mol. The highest BCUT2D eigenvalue weighted by Crippen LogP contribution is 2.26. The molecule has 3 rings (SSSR count). The monoisotopic (exact) mass is 459 g/mol. The van der Waals surface area contributed by atoms with Gasteiger partial charge in [-0.15, -0.1) is 0 Å². The number of hydrogen-bond acceptors (Lipinski definition) is 2. The van der Waals surface area contributed by atoms with Crippen LogP contribution < -0.4 is 17.7 Å². The van der Waals surface area contributed by atoms with E-state index in [0.717, 1.165) is 23.1 Å². The predicted molar refractivity (Wildman–Crippen MR) is 123 cm³/mol. The molecule has 0 saturated carbocycles. The first-order chi connectivity index (χ1) is 14.5.